The summed E-state index contributed by atoms with van der Waals surface area (Å²) in [6.07, 6.45) is 2.94. The summed E-state index contributed by atoms with van der Waals surface area (Å²) >= 11 is 0. The van der Waals surface area contributed by atoms with Gasteiger partial charge in [-0.1, -0.05) is 26.3 Å². The van der Waals surface area contributed by atoms with E-state index in [2.05, 4.69) is 13.8 Å². The normalized spacial score (nSPS) is 20.3. The summed E-state index contributed by atoms with van der Waals surface area (Å²) in [7, 11) is -3.39. The van der Waals surface area contributed by atoms with Crippen LogP contribution in [0.3, 0.4) is 0 Å². The van der Waals surface area contributed by atoms with Crippen molar-refractivity contribution in [3.63, 3.8) is 0 Å². The number of hydrogen-bond acceptors (Lipinski definition) is 3. The number of nitrogens with two attached hydrogens (primary N) is 1. The molecule has 0 aromatic heterocycles. The minimum absolute atomic E-state index is 0.279. The highest BCUT2D eigenvalue weighted by Crippen LogP contribution is 2.35. The van der Waals surface area contributed by atoms with Crippen LogP contribution in [-0.4, -0.2) is 25.8 Å². The van der Waals surface area contributed by atoms with Crippen LogP contribution in [0.2, 0.25) is 0 Å². The Bertz CT molecular complexity index is 546. The molecule has 1 saturated heterocycles. The lowest BCUT2D eigenvalue weighted by Gasteiger charge is -2.38. The summed E-state index contributed by atoms with van der Waals surface area (Å²) in [4.78, 5) is 0.299. The first-order valence-electron chi connectivity index (χ1n) is 6.73. The third-order valence-electron chi connectivity index (χ3n) is 4.28. The van der Waals surface area contributed by atoms with Crippen LogP contribution < -0.4 is 5.73 Å². The Balaban J connectivity index is 2.19. The Morgan fingerprint density at radius 3 is 2.47 bits per heavy atom. The first kappa shape index (κ1) is 14.3. The van der Waals surface area contributed by atoms with Gasteiger partial charge in [-0.3, -0.25) is 0 Å². The molecule has 1 aromatic carbocycles. The number of hydrogen-bond donors (Lipinski definition) is 1. The summed E-state index contributed by atoms with van der Waals surface area (Å²) in [5.74, 6) is 0. The maximum Gasteiger partial charge on any atom is 0.243 e. The Labute approximate surface area is 115 Å². The molecule has 0 aliphatic carbocycles. The van der Waals surface area contributed by atoms with Crippen molar-refractivity contribution in [2.45, 2.75) is 38.0 Å². The van der Waals surface area contributed by atoms with Gasteiger partial charge in [0.2, 0.25) is 10.0 Å². The third kappa shape index (κ3) is 2.92. The highest BCUT2D eigenvalue weighted by atomic mass is 32.2. The summed E-state index contributed by atoms with van der Waals surface area (Å²) in [6.45, 7) is 5.60. The van der Waals surface area contributed by atoms with Crippen molar-refractivity contribution in [3.05, 3.63) is 24.3 Å². The van der Waals surface area contributed by atoms with Crippen molar-refractivity contribution in [2.75, 3.05) is 18.8 Å². The van der Waals surface area contributed by atoms with Crippen LogP contribution in [0.5, 0.6) is 0 Å². The molecule has 0 radical (unpaired) electrons. The molecule has 0 amide bonds. The van der Waals surface area contributed by atoms with E-state index in [-0.39, 0.29) is 5.41 Å². The first-order chi connectivity index (χ1) is 8.87. The Morgan fingerprint density at radius 1 is 1.32 bits per heavy atom. The van der Waals surface area contributed by atoms with Crippen molar-refractivity contribution >= 4 is 15.7 Å². The molecule has 19 heavy (non-hydrogen) atoms. The third-order valence-corrected chi connectivity index (χ3v) is 6.17. The molecule has 0 spiro atoms. The molecule has 0 unspecified atom stereocenters. The molecule has 1 aromatic rings. The predicted octanol–water partition coefficient (Wildman–Crippen LogP) is 2.47. The van der Waals surface area contributed by atoms with E-state index in [1.807, 2.05) is 0 Å². The maximum atomic E-state index is 12.5. The molecule has 4 nitrogen and oxygen atoms in total. The average molecular weight is 282 g/mol. The van der Waals surface area contributed by atoms with E-state index in [0.717, 1.165) is 19.3 Å². The maximum absolute atomic E-state index is 12.5. The minimum Gasteiger partial charge on any atom is -0.399 e. The number of sulfonamides is 1. The molecule has 2 rings (SSSR count). The van der Waals surface area contributed by atoms with Crippen LogP contribution in [0.25, 0.3) is 0 Å². The molecule has 5 heteroatoms. The van der Waals surface area contributed by atoms with Gasteiger partial charge in [0.1, 0.15) is 0 Å². The van der Waals surface area contributed by atoms with E-state index in [9.17, 15) is 8.42 Å². The van der Waals surface area contributed by atoms with Crippen molar-refractivity contribution < 1.29 is 8.42 Å². The smallest absolute Gasteiger partial charge is 0.243 e. The van der Waals surface area contributed by atoms with Gasteiger partial charge >= 0.3 is 0 Å². The molecule has 0 bridgehead atoms. The van der Waals surface area contributed by atoms with E-state index >= 15 is 0 Å². The molecular weight excluding hydrogens is 260 g/mol. The van der Waals surface area contributed by atoms with Crippen LogP contribution in [0.1, 0.15) is 33.1 Å². The average Bonchev–Trinajstić information content (AvgIpc) is 2.39. The number of benzene rings is 1. The Kier molecular flexibility index (Phi) is 3.87. The van der Waals surface area contributed by atoms with Crippen molar-refractivity contribution in [1.82, 2.24) is 4.31 Å². The quantitative estimate of drug-likeness (QED) is 0.866. The number of rotatable bonds is 3. The lowest BCUT2D eigenvalue weighted by Crippen LogP contribution is -2.41. The SMILES string of the molecule is CCC1(C)CCN(S(=O)(=O)c2cccc(N)c2)CC1. The number of nitrogens with zero attached hydrogens (tertiary/aromatic N) is 1. The highest BCUT2D eigenvalue weighted by molar-refractivity contribution is 7.89. The fourth-order valence-corrected chi connectivity index (χ4v) is 3.94. The van der Waals surface area contributed by atoms with Gasteiger partial charge in [0.25, 0.3) is 0 Å². The van der Waals surface area contributed by atoms with Gasteiger partial charge < -0.3 is 5.73 Å². The van der Waals surface area contributed by atoms with Gasteiger partial charge in [-0.15, -0.1) is 0 Å². The number of nitrogen functional groups attached to an aromatic ring is 1. The highest BCUT2D eigenvalue weighted by Gasteiger charge is 2.34. The fraction of sp³-hybridized carbons (Fsp3) is 0.571. The number of anilines is 1. The molecule has 0 saturated carbocycles. The van der Waals surface area contributed by atoms with Crippen LogP contribution in [-0.2, 0) is 10.0 Å². The van der Waals surface area contributed by atoms with Gasteiger partial charge in [-0.25, -0.2) is 8.42 Å². The number of piperidine rings is 1. The van der Waals surface area contributed by atoms with Gasteiger partial charge in [0.15, 0.2) is 0 Å². The lowest BCUT2D eigenvalue weighted by atomic mass is 9.79. The molecular formula is C14H22N2O2S. The van der Waals surface area contributed by atoms with Crippen molar-refractivity contribution in [3.8, 4) is 0 Å². The standard InChI is InChI=1S/C14H22N2O2S/c1-3-14(2)7-9-16(10-8-14)19(17,18)13-6-4-5-12(15)11-13/h4-6,11H,3,7-10,15H2,1-2H3. The van der Waals surface area contributed by atoms with E-state index in [0.29, 0.717) is 23.7 Å². The zero-order chi connectivity index (χ0) is 14.1. The zero-order valence-corrected chi connectivity index (χ0v) is 12.4. The molecule has 1 aliphatic heterocycles. The van der Waals surface area contributed by atoms with Gasteiger partial charge in [-0.2, -0.15) is 4.31 Å². The van der Waals surface area contributed by atoms with Crippen molar-refractivity contribution in [2.24, 2.45) is 5.41 Å². The lowest BCUT2D eigenvalue weighted by molar-refractivity contribution is 0.169. The predicted molar refractivity (Wildman–Crippen MR) is 77.2 cm³/mol. The van der Waals surface area contributed by atoms with Crippen LogP contribution in [0.15, 0.2) is 29.2 Å². The molecule has 1 fully saturated rings. The molecule has 1 aliphatic rings. The molecule has 2 N–H and O–H groups in total. The van der Waals surface area contributed by atoms with Crippen LogP contribution in [0, 0.1) is 5.41 Å². The summed E-state index contributed by atoms with van der Waals surface area (Å²) in [5, 5.41) is 0. The first-order valence-corrected chi connectivity index (χ1v) is 8.17. The Morgan fingerprint density at radius 2 is 1.95 bits per heavy atom. The summed E-state index contributed by atoms with van der Waals surface area (Å²) < 4.78 is 26.6. The zero-order valence-electron chi connectivity index (χ0n) is 11.6. The van der Waals surface area contributed by atoms with Crippen LogP contribution in [0.4, 0.5) is 5.69 Å². The fourth-order valence-electron chi connectivity index (χ4n) is 2.44. The summed E-state index contributed by atoms with van der Waals surface area (Å²) in [5.41, 5.74) is 6.43. The largest absolute Gasteiger partial charge is 0.399 e. The molecule has 1 heterocycles. The van der Waals surface area contributed by atoms with Crippen LogP contribution >= 0.6 is 0 Å². The van der Waals surface area contributed by atoms with Crippen molar-refractivity contribution in [1.29, 1.82) is 0 Å². The minimum atomic E-state index is -3.39. The molecule has 0 atom stereocenters. The van der Waals surface area contributed by atoms with Gasteiger partial charge in [0, 0.05) is 18.8 Å². The van der Waals surface area contributed by atoms with E-state index in [4.69, 9.17) is 5.73 Å². The topological polar surface area (TPSA) is 63.4 Å². The van der Waals surface area contributed by atoms with E-state index < -0.39 is 10.0 Å². The van der Waals surface area contributed by atoms with E-state index in [1.54, 1.807) is 22.5 Å². The Hall–Kier alpha value is -1.07. The second-order valence-electron chi connectivity index (χ2n) is 5.64. The van der Waals surface area contributed by atoms with E-state index in [1.165, 1.54) is 6.07 Å². The van der Waals surface area contributed by atoms with Gasteiger partial charge in [-0.05, 0) is 36.5 Å². The second kappa shape index (κ2) is 5.13. The summed E-state index contributed by atoms with van der Waals surface area (Å²) in [6, 6.07) is 6.52. The van der Waals surface area contributed by atoms with Gasteiger partial charge in [0.05, 0.1) is 4.90 Å². The second-order valence-corrected chi connectivity index (χ2v) is 7.58. The molecule has 106 valence electrons. The monoisotopic (exact) mass is 282 g/mol.